The number of halogens is 1. The quantitative estimate of drug-likeness (QED) is 0.832. The first-order chi connectivity index (χ1) is 8.72. The molecule has 0 aliphatic carbocycles. The molecule has 1 saturated heterocycles. The molecule has 1 aliphatic rings. The zero-order chi connectivity index (χ0) is 12.8. The molecule has 1 atom stereocenters. The molecule has 0 aromatic heterocycles. The van der Waals surface area contributed by atoms with E-state index in [1.165, 1.54) is 0 Å². The van der Waals surface area contributed by atoms with E-state index in [-0.39, 0.29) is 0 Å². The summed E-state index contributed by atoms with van der Waals surface area (Å²) in [6.45, 7) is 4.95. The topological polar surface area (TPSA) is 39.7 Å². The molecule has 0 radical (unpaired) electrons. The molecular formula is C13H18ClNO3. The van der Waals surface area contributed by atoms with Gasteiger partial charge in [0.2, 0.25) is 0 Å². The van der Waals surface area contributed by atoms with Gasteiger partial charge in [-0.15, -0.1) is 0 Å². The minimum Gasteiger partial charge on any atom is -0.494 e. The van der Waals surface area contributed by atoms with Crippen molar-refractivity contribution in [2.24, 2.45) is 0 Å². The van der Waals surface area contributed by atoms with E-state index in [9.17, 15) is 0 Å². The lowest BCUT2D eigenvalue weighted by atomic mass is 10.3. The first-order valence-corrected chi connectivity index (χ1v) is 6.49. The van der Waals surface area contributed by atoms with Crippen LogP contribution < -0.4 is 14.8 Å². The largest absolute Gasteiger partial charge is 0.494 e. The summed E-state index contributed by atoms with van der Waals surface area (Å²) in [6, 6.07) is 7.47. The van der Waals surface area contributed by atoms with Crippen LogP contribution in [-0.2, 0) is 4.74 Å². The van der Waals surface area contributed by atoms with Crippen LogP contribution in [0, 0.1) is 0 Å². The summed E-state index contributed by atoms with van der Waals surface area (Å²) in [5, 5.41) is 2.41. The molecule has 2 rings (SSSR count). The van der Waals surface area contributed by atoms with Crippen LogP contribution in [0.5, 0.6) is 11.5 Å². The van der Waals surface area contributed by atoms with Crippen LogP contribution >= 0.6 is 11.6 Å². The lowest BCUT2D eigenvalue weighted by Gasteiger charge is -2.31. The van der Waals surface area contributed by atoms with E-state index >= 15 is 0 Å². The van der Waals surface area contributed by atoms with Crippen molar-refractivity contribution in [1.82, 2.24) is 5.32 Å². The second-order valence-electron chi connectivity index (χ2n) is 4.10. The highest BCUT2D eigenvalue weighted by Gasteiger charge is 2.31. The Morgan fingerprint density at radius 2 is 1.94 bits per heavy atom. The third-order valence-corrected chi connectivity index (χ3v) is 2.97. The first kappa shape index (κ1) is 13.5. The monoisotopic (exact) mass is 271 g/mol. The van der Waals surface area contributed by atoms with Gasteiger partial charge in [0, 0.05) is 13.1 Å². The molecule has 0 bridgehead atoms. The Labute approximate surface area is 112 Å². The molecule has 0 saturated carbocycles. The maximum Gasteiger partial charge on any atom is 0.187 e. The molecule has 0 spiro atoms. The van der Waals surface area contributed by atoms with Gasteiger partial charge in [0.1, 0.15) is 18.1 Å². The number of morpholine rings is 1. The van der Waals surface area contributed by atoms with Crippen molar-refractivity contribution in [1.29, 1.82) is 0 Å². The third kappa shape index (κ3) is 3.77. The van der Waals surface area contributed by atoms with Gasteiger partial charge in [0.15, 0.2) is 5.06 Å². The van der Waals surface area contributed by atoms with E-state index in [0.29, 0.717) is 26.4 Å². The molecule has 0 amide bonds. The summed E-state index contributed by atoms with van der Waals surface area (Å²) in [4.78, 5) is 0. The lowest BCUT2D eigenvalue weighted by molar-refractivity contribution is -0.0315. The predicted molar refractivity (Wildman–Crippen MR) is 70.5 cm³/mol. The summed E-state index contributed by atoms with van der Waals surface area (Å²) in [7, 11) is 0. The molecular weight excluding hydrogens is 254 g/mol. The number of hydrogen-bond donors (Lipinski definition) is 1. The van der Waals surface area contributed by atoms with Gasteiger partial charge in [-0.05, 0) is 31.2 Å². The highest BCUT2D eigenvalue weighted by Crippen LogP contribution is 2.22. The molecule has 1 fully saturated rings. The summed E-state index contributed by atoms with van der Waals surface area (Å²) in [5.74, 6) is 1.59. The van der Waals surface area contributed by atoms with Gasteiger partial charge < -0.3 is 19.5 Å². The summed E-state index contributed by atoms with van der Waals surface area (Å²) >= 11 is 6.27. The second kappa shape index (κ2) is 6.27. The van der Waals surface area contributed by atoms with Gasteiger partial charge in [-0.3, -0.25) is 0 Å². The van der Waals surface area contributed by atoms with Crippen molar-refractivity contribution in [2.45, 2.75) is 12.0 Å². The van der Waals surface area contributed by atoms with Gasteiger partial charge in [0.05, 0.1) is 13.2 Å². The Hall–Kier alpha value is -0.970. The smallest absolute Gasteiger partial charge is 0.187 e. The molecule has 1 aromatic carbocycles. The number of ether oxygens (including phenoxy) is 3. The summed E-state index contributed by atoms with van der Waals surface area (Å²) in [5.41, 5.74) is 0. The SMILES string of the molecule is CCOc1ccc(OCC2(Cl)CNCCO2)cc1. The normalized spacial score (nSPS) is 23.7. The van der Waals surface area contributed by atoms with Gasteiger partial charge in [-0.25, -0.2) is 0 Å². The summed E-state index contributed by atoms with van der Waals surface area (Å²) in [6.07, 6.45) is 0. The van der Waals surface area contributed by atoms with Crippen LogP contribution in [0.3, 0.4) is 0 Å². The molecule has 1 aliphatic heterocycles. The molecule has 1 aromatic rings. The molecule has 5 heteroatoms. The van der Waals surface area contributed by atoms with Crippen LogP contribution in [-0.4, -0.2) is 38.0 Å². The van der Waals surface area contributed by atoms with Crippen molar-refractivity contribution >= 4 is 11.6 Å². The Kier molecular flexibility index (Phi) is 4.69. The fourth-order valence-corrected chi connectivity index (χ4v) is 1.94. The van der Waals surface area contributed by atoms with E-state index in [1.54, 1.807) is 0 Å². The highest BCUT2D eigenvalue weighted by atomic mass is 35.5. The molecule has 4 nitrogen and oxygen atoms in total. The van der Waals surface area contributed by atoms with E-state index in [4.69, 9.17) is 25.8 Å². The van der Waals surface area contributed by atoms with Crippen LogP contribution in [0.4, 0.5) is 0 Å². The molecule has 18 heavy (non-hydrogen) atoms. The number of nitrogens with one attached hydrogen (secondary N) is 1. The Morgan fingerprint density at radius 3 is 2.50 bits per heavy atom. The van der Waals surface area contributed by atoms with Gasteiger partial charge >= 0.3 is 0 Å². The van der Waals surface area contributed by atoms with Crippen LogP contribution in [0.1, 0.15) is 6.92 Å². The van der Waals surface area contributed by atoms with E-state index in [1.807, 2.05) is 31.2 Å². The Balaban J connectivity index is 1.85. The summed E-state index contributed by atoms with van der Waals surface area (Å²) < 4.78 is 16.5. The molecule has 1 heterocycles. The zero-order valence-corrected chi connectivity index (χ0v) is 11.2. The second-order valence-corrected chi connectivity index (χ2v) is 4.79. The third-order valence-electron chi connectivity index (χ3n) is 2.62. The zero-order valence-electron chi connectivity index (χ0n) is 10.4. The first-order valence-electron chi connectivity index (χ1n) is 6.11. The van der Waals surface area contributed by atoms with Crippen molar-refractivity contribution in [3.63, 3.8) is 0 Å². The Morgan fingerprint density at radius 1 is 1.28 bits per heavy atom. The number of hydrogen-bond acceptors (Lipinski definition) is 4. The van der Waals surface area contributed by atoms with Gasteiger partial charge in [-0.1, -0.05) is 11.6 Å². The number of rotatable bonds is 5. The predicted octanol–water partition coefficient (Wildman–Crippen LogP) is 2.02. The molecule has 1 N–H and O–H groups in total. The Bertz CT molecular complexity index is 363. The fourth-order valence-electron chi connectivity index (χ4n) is 1.71. The van der Waals surface area contributed by atoms with Crippen molar-refractivity contribution in [3.05, 3.63) is 24.3 Å². The van der Waals surface area contributed by atoms with Gasteiger partial charge in [0.25, 0.3) is 0 Å². The van der Waals surface area contributed by atoms with E-state index in [0.717, 1.165) is 18.0 Å². The number of alkyl halides is 1. The highest BCUT2D eigenvalue weighted by molar-refractivity contribution is 6.23. The minimum absolute atomic E-state index is 0.315. The van der Waals surface area contributed by atoms with Gasteiger partial charge in [-0.2, -0.15) is 0 Å². The maximum atomic E-state index is 6.27. The maximum absolute atomic E-state index is 6.27. The van der Waals surface area contributed by atoms with Crippen molar-refractivity contribution < 1.29 is 14.2 Å². The molecule has 100 valence electrons. The standard InChI is InChI=1S/C13H18ClNO3/c1-2-16-11-3-5-12(6-4-11)17-10-13(14)9-15-7-8-18-13/h3-6,15H,2,7-10H2,1H3. The van der Waals surface area contributed by atoms with Crippen LogP contribution in [0.15, 0.2) is 24.3 Å². The van der Waals surface area contributed by atoms with Crippen LogP contribution in [0.2, 0.25) is 0 Å². The number of benzene rings is 1. The van der Waals surface area contributed by atoms with E-state index < -0.39 is 5.06 Å². The average Bonchev–Trinajstić information content (AvgIpc) is 2.39. The minimum atomic E-state index is -0.767. The molecule has 1 unspecified atom stereocenters. The van der Waals surface area contributed by atoms with Crippen molar-refractivity contribution in [3.8, 4) is 11.5 Å². The average molecular weight is 272 g/mol. The fraction of sp³-hybridized carbons (Fsp3) is 0.538. The lowest BCUT2D eigenvalue weighted by Crippen LogP contribution is -2.49. The van der Waals surface area contributed by atoms with E-state index in [2.05, 4.69) is 5.32 Å². The van der Waals surface area contributed by atoms with Crippen LogP contribution in [0.25, 0.3) is 0 Å². The van der Waals surface area contributed by atoms with Crippen molar-refractivity contribution in [2.75, 3.05) is 32.9 Å².